The molecule has 0 aliphatic carbocycles. The summed E-state index contributed by atoms with van der Waals surface area (Å²) in [5.74, 6) is 0. The quantitative estimate of drug-likeness (QED) is 0.761. The molecule has 4 heteroatoms. The first-order valence-electron chi connectivity index (χ1n) is 5.98. The first-order valence-corrected chi connectivity index (χ1v) is 5.98. The molecule has 0 spiro atoms. The second-order valence-corrected chi connectivity index (χ2v) is 5.22. The van der Waals surface area contributed by atoms with E-state index in [1.54, 1.807) is 4.90 Å². The summed E-state index contributed by atoms with van der Waals surface area (Å²) >= 11 is 0. The zero-order chi connectivity index (χ0) is 12.8. The number of nitrogens with two attached hydrogens (primary N) is 1. The van der Waals surface area contributed by atoms with Gasteiger partial charge in [0.15, 0.2) is 0 Å². The molecule has 0 fully saturated rings. The lowest BCUT2D eigenvalue weighted by atomic mass is 9.93. The Hall–Kier alpha value is -0.770. The Morgan fingerprint density at radius 3 is 2.38 bits per heavy atom. The fourth-order valence-corrected chi connectivity index (χ4v) is 1.36. The number of nitrogens with zero attached hydrogens (tertiary/aromatic N) is 1. The summed E-state index contributed by atoms with van der Waals surface area (Å²) in [6.45, 7) is 11.8. The molecular formula is C12H26N2O2. The lowest BCUT2D eigenvalue weighted by Gasteiger charge is -2.31. The fourth-order valence-electron chi connectivity index (χ4n) is 1.36. The minimum Gasteiger partial charge on any atom is -0.447 e. The van der Waals surface area contributed by atoms with Gasteiger partial charge in [-0.3, -0.25) is 0 Å². The molecule has 1 amide bonds. The highest BCUT2D eigenvalue weighted by Crippen LogP contribution is 2.16. The lowest BCUT2D eigenvalue weighted by Crippen LogP contribution is -2.43. The van der Waals surface area contributed by atoms with Crippen molar-refractivity contribution in [1.82, 2.24) is 4.90 Å². The smallest absolute Gasteiger partial charge is 0.410 e. The maximum absolute atomic E-state index is 11.8. The number of ether oxygens (including phenoxy) is 1. The topological polar surface area (TPSA) is 55.6 Å². The summed E-state index contributed by atoms with van der Waals surface area (Å²) in [6.07, 6.45) is 0.611. The van der Waals surface area contributed by atoms with Gasteiger partial charge in [0.2, 0.25) is 0 Å². The minimum absolute atomic E-state index is 0.0643. The van der Waals surface area contributed by atoms with Gasteiger partial charge in [0.1, 0.15) is 0 Å². The fraction of sp³-hybridized carbons (Fsp3) is 0.917. The molecule has 0 saturated heterocycles. The van der Waals surface area contributed by atoms with Crippen molar-refractivity contribution in [2.45, 2.75) is 47.1 Å². The standard InChI is InChI=1S/C12H26N2O2/c1-6-7-14(9-12(4,5)8-13)11(15)16-10(2)3/h10H,6-9,13H2,1-5H3. The van der Waals surface area contributed by atoms with Gasteiger partial charge in [-0.2, -0.15) is 0 Å². The van der Waals surface area contributed by atoms with Gasteiger partial charge in [-0.05, 0) is 32.2 Å². The van der Waals surface area contributed by atoms with Crippen molar-refractivity contribution < 1.29 is 9.53 Å². The molecule has 0 heterocycles. The highest BCUT2D eigenvalue weighted by Gasteiger charge is 2.24. The molecule has 4 nitrogen and oxygen atoms in total. The van der Waals surface area contributed by atoms with Gasteiger partial charge in [-0.1, -0.05) is 20.8 Å². The van der Waals surface area contributed by atoms with Crippen LogP contribution in [0.15, 0.2) is 0 Å². The second kappa shape index (κ2) is 6.74. The monoisotopic (exact) mass is 230 g/mol. The third-order valence-electron chi connectivity index (χ3n) is 2.26. The maximum Gasteiger partial charge on any atom is 0.410 e. The molecule has 0 radical (unpaired) electrons. The van der Waals surface area contributed by atoms with Crippen LogP contribution in [0.25, 0.3) is 0 Å². The molecule has 16 heavy (non-hydrogen) atoms. The number of hydrogen-bond donors (Lipinski definition) is 1. The Bertz CT molecular complexity index is 215. The first kappa shape index (κ1) is 15.2. The third kappa shape index (κ3) is 5.95. The van der Waals surface area contributed by atoms with E-state index in [-0.39, 0.29) is 17.6 Å². The zero-order valence-corrected chi connectivity index (χ0v) is 11.2. The van der Waals surface area contributed by atoms with E-state index in [1.807, 2.05) is 20.8 Å². The first-order chi connectivity index (χ1) is 7.32. The number of carbonyl (C=O) groups excluding carboxylic acids is 1. The Balaban J connectivity index is 4.42. The lowest BCUT2D eigenvalue weighted by molar-refractivity contribution is 0.0653. The molecule has 0 atom stereocenters. The van der Waals surface area contributed by atoms with Crippen molar-refractivity contribution in [3.05, 3.63) is 0 Å². The van der Waals surface area contributed by atoms with Crippen molar-refractivity contribution in [3.63, 3.8) is 0 Å². The van der Waals surface area contributed by atoms with Crippen LogP contribution in [0.4, 0.5) is 4.79 Å². The van der Waals surface area contributed by atoms with Gasteiger partial charge in [0.25, 0.3) is 0 Å². The largest absolute Gasteiger partial charge is 0.447 e. The molecule has 0 unspecified atom stereocenters. The molecule has 0 aliphatic rings. The molecule has 0 aromatic carbocycles. The number of amides is 1. The Morgan fingerprint density at radius 2 is 2.00 bits per heavy atom. The SMILES string of the molecule is CCCN(CC(C)(C)CN)C(=O)OC(C)C. The molecular weight excluding hydrogens is 204 g/mol. The van der Waals surface area contributed by atoms with E-state index in [4.69, 9.17) is 10.5 Å². The van der Waals surface area contributed by atoms with Gasteiger partial charge < -0.3 is 15.4 Å². The summed E-state index contributed by atoms with van der Waals surface area (Å²) in [7, 11) is 0. The van der Waals surface area contributed by atoms with Crippen molar-refractivity contribution in [3.8, 4) is 0 Å². The number of carbonyl (C=O) groups is 1. The Labute approximate surface area is 99.1 Å². The van der Waals surface area contributed by atoms with Crippen molar-refractivity contribution >= 4 is 6.09 Å². The van der Waals surface area contributed by atoms with Gasteiger partial charge in [-0.25, -0.2) is 4.79 Å². The normalized spacial score (nSPS) is 11.7. The predicted octanol–water partition coefficient (Wildman–Crippen LogP) is 2.23. The molecule has 0 aromatic rings. The van der Waals surface area contributed by atoms with E-state index in [1.165, 1.54) is 0 Å². The molecule has 0 aromatic heterocycles. The van der Waals surface area contributed by atoms with Crippen LogP contribution in [0.2, 0.25) is 0 Å². The maximum atomic E-state index is 11.8. The van der Waals surface area contributed by atoms with Crippen LogP contribution in [-0.4, -0.2) is 36.7 Å². The van der Waals surface area contributed by atoms with Gasteiger partial charge in [0.05, 0.1) is 6.10 Å². The van der Waals surface area contributed by atoms with E-state index in [2.05, 4.69) is 13.8 Å². The van der Waals surface area contributed by atoms with E-state index in [0.717, 1.165) is 13.0 Å². The summed E-state index contributed by atoms with van der Waals surface area (Å²) in [5, 5.41) is 0. The highest BCUT2D eigenvalue weighted by molar-refractivity contribution is 5.67. The third-order valence-corrected chi connectivity index (χ3v) is 2.26. The molecule has 0 saturated carbocycles. The second-order valence-electron chi connectivity index (χ2n) is 5.22. The number of hydrogen-bond acceptors (Lipinski definition) is 3. The van der Waals surface area contributed by atoms with Crippen LogP contribution in [0.1, 0.15) is 41.0 Å². The van der Waals surface area contributed by atoms with Crippen LogP contribution >= 0.6 is 0 Å². The van der Waals surface area contributed by atoms with E-state index in [0.29, 0.717) is 13.1 Å². The van der Waals surface area contributed by atoms with Gasteiger partial charge >= 0.3 is 6.09 Å². The van der Waals surface area contributed by atoms with Crippen molar-refractivity contribution in [1.29, 1.82) is 0 Å². The Morgan fingerprint density at radius 1 is 1.44 bits per heavy atom. The van der Waals surface area contributed by atoms with Crippen LogP contribution < -0.4 is 5.73 Å². The van der Waals surface area contributed by atoms with Crippen LogP contribution in [0.3, 0.4) is 0 Å². The van der Waals surface area contributed by atoms with E-state index < -0.39 is 0 Å². The molecule has 0 aliphatic heterocycles. The molecule has 96 valence electrons. The summed E-state index contributed by atoms with van der Waals surface area (Å²) in [4.78, 5) is 13.5. The predicted molar refractivity (Wildman–Crippen MR) is 66.3 cm³/mol. The summed E-state index contributed by atoms with van der Waals surface area (Å²) in [6, 6.07) is 0. The van der Waals surface area contributed by atoms with E-state index in [9.17, 15) is 4.79 Å². The highest BCUT2D eigenvalue weighted by atomic mass is 16.6. The van der Waals surface area contributed by atoms with Gasteiger partial charge in [0, 0.05) is 13.1 Å². The minimum atomic E-state index is -0.238. The Kier molecular flexibility index (Phi) is 6.41. The zero-order valence-electron chi connectivity index (χ0n) is 11.2. The van der Waals surface area contributed by atoms with E-state index >= 15 is 0 Å². The molecule has 0 rings (SSSR count). The molecule has 0 bridgehead atoms. The van der Waals surface area contributed by atoms with Crippen LogP contribution in [0.5, 0.6) is 0 Å². The van der Waals surface area contributed by atoms with Gasteiger partial charge in [-0.15, -0.1) is 0 Å². The van der Waals surface area contributed by atoms with Crippen LogP contribution in [0, 0.1) is 5.41 Å². The average Bonchev–Trinajstić information content (AvgIpc) is 2.16. The average molecular weight is 230 g/mol. The summed E-state index contributed by atoms with van der Waals surface area (Å²) < 4.78 is 5.20. The van der Waals surface area contributed by atoms with Crippen molar-refractivity contribution in [2.75, 3.05) is 19.6 Å². The molecule has 2 N–H and O–H groups in total. The number of rotatable bonds is 6. The van der Waals surface area contributed by atoms with Crippen LogP contribution in [-0.2, 0) is 4.74 Å². The summed E-state index contributed by atoms with van der Waals surface area (Å²) in [5.41, 5.74) is 5.61. The van der Waals surface area contributed by atoms with Crippen molar-refractivity contribution in [2.24, 2.45) is 11.1 Å².